The SMILES string of the molecule is CC(=O)c1ncc(C(C)C)cn1. The van der Waals surface area contributed by atoms with Crippen molar-refractivity contribution in [1.82, 2.24) is 9.97 Å². The van der Waals surface area contributed by atoms with Gasteiger partial charge in [-0.05, 0) is 11.5 Å². The quantitative estimate of drug-likeness (QED) is 0.626. The second-order valence-electron chi connectivity index (χ2n) is 3.05. The average Bonchev–Trinajstić information content (AvgIpc) is 2.04. The Kier molecular flexibility index (Phi) is 2.53. The number of carbonyl (C=O) groups excluding carboxylic acids is 1. The van der Waals surface area contributed by atoms with Gasteiger partial charge in [0, 0.05) is 19.3 Å². The molecule has 0 amide bonds. The Morgan fingerprint density at radius 3 is 2.17 bits per heavy atom. The highest BCUT2D eigenvalue weighted by molar-refractivity contribution is 5.90. The highest BCUT2D eigenvalue weighted by Gasteiger charge is 2.03. The molecule has 0 fully saturated rings. The van der Waals surface area contributed by atoms with Crippen molar-refractivity contribution in [3.05, 3.63) is 23.8 Å². The third-order valence-corrected chi connectivity index (χ3v) is 1.65. The van der Waals surface area contributed by atoms with E-state index in [2.05, 4.69) is 23.8 Å². The molecule has 3 heteroatoms. The fraction of sp³-hybridized carbons (Fsp3) is 0.444. The lowest BCUT2D eigenvalue weighted by atomic mass is 10.1. The smallest absolute Gasteiger partial charge is 0.196 e. The molecule has 0 saturated heterocycles. The topological polar surface area (TPSA) is 42.9 Å². The molecule has 0 spiro atoms. The molecule has 12 heavy (non-hydrogen) atoms. The van der Waals surface area contributed by atoms with Crippen LogP contribution in [0.15, 0.2) is 12.4 Å². The molecule has 64 valence electrons. The number of ketones is 1. The summed E-state index contributed by atoms with van der Waals surface area (Å²) in [6, 6.07) is 0. The Balaban J connectivity index is 2.93. The lowest BCUT2D eigenvalue weighted by Gasteiger charge is -2.02. The molecule has 0 aliphatic carbocycles. The van der Waals surface area contributed by atoms with Crippen molar-refractivity contribution in [3.63, 3.8) is 0 Å². The normalized spacial score (nSPS) is 10.3. The van der Waals surface area contributed by atoms with E-state index in [-0.39, 0.29) is 5.78 Å². The summed E-state index contributed by atoms with van der Waals surface area (Å²) < 4.78 is 0. The van der Waals surface area contributed by atoms with Crippen LogP contribution >= 0.6 is 0 Å². The zero-order valence-electron chi connectivity index (χ0n) is 7.53. The van der Waals surface area contributed by atoms with Crippen molar-refractivity contribution < 1.29 is 4.79 Å². The van der Waals surface area contributed by atoms with Crippen LogP contribution in [0.2, 0.25) is 0 Å². The summed E-state index contributed by atoms with van der Waals surface area (Å²) in [5, 5.41) is 0. The molecule has 3 nitrogen and oxygen atoms in total. The van der Waals surface area contributed by atoms with E-state index in [1.54, 1.807) is 12.4 Å². The molecule has 0 saturated carbocycles. The first-order valence-electron chi connectivity index (χ1n) is 3.94. The Hall–Kier alpha value is -1.25. The molecular formula is C9H12N2O. The van der Waals surface area contributed by atoms with E-state index < -0.39 is 0 Å². The number of aromatic nitrogens is 2. The van der Waals surface area contributed by atoms with Crippen LogP contribution in [0.1, 0.15) is 42.9 Å². The van der Waals surface area contributed by atoms with E-state index in [1.165, 1.54) is 6.92 Å². The van der Waals surface area contributed by atoms with Crippen molar-refractivity contribution in [2.75, 3.05) is 0 Å². The van der Waals surface area contributed by atoms with Crippen LogP contribution in [0.25, 0.3) is 0 Å². The lowest BCUT2D eigenvalue weighted by Crippen LogP contribution is -2.01. The second kappa shape index (κ2) is 3.43. The monoisotopic (exact) mass is 164 g/mol. The number of carbonyl (C=O) groups is 1. The fourth-order valence-electron chi connectivity index (χ4n) is 0.818. The van der Waals surface area contributed by atoms with Gasteiger partial charge in [0.15, 0.2) is 11.6 Å². The van der Waals surface area contributed by atoms with Crippen LogP contribution in [0.5, 0.6) is 0 Å². The summed E-state index contributed by atoms with van der Waals surface area (Å²) in [5.74, 6) is 0.607. The Morgan fingerprint density at radius 1 is 1.33 bits per heavy atom. The summed E-state index contributed by atoms with van der Waals surface area (Å²) in [4.78, 5) is 18.7. The number of hydrogen-bond donors (Lipinski definition) is 0. The van der Waals surface area contributed by atoms with Crippen LogP contribution in [0, 0.1) is 0 Å². The Bertz CT molecular complexity index is 277. The van der Waals surface area contributed by atoms with Gasteiger partial charge in [0.05, 0.1) is 0 Å². The summed E-state index contributed by atoms with van der Waals surface area (Å²) in [7, 11) is 0. The molecule has 0 radical (unpaired) electrons. The van der Waals surface area contributed by atoms with Gasteiger partial charge in [-0.25, -0.2) is 9.97 Å². The number of hydrogen-bond acceptors (Lipinski definition) is 3. The first-order chi connectivity index (χ1) is 5.61. The van der Waals surface area contributed by atoms with Crippen molar-refractivity contribution >= 4 is 5.78 Å². The first-order valence-corrected chi connectivity index (χ1v) is 3.94. The molecule has 0 N–H and O–H groups in total. The molecule has 0 aliphatic heterocycles. The zero-order chi connectivity index (χ0) is 9.14. The standard InChI is InChI=1S/C9H12N2O/c1-6(2)8-4-10-9(7(3)12)11-5-8/h4-6H,1-3H3. The third-order valence-electron chi connectivity index (χ3n) is 1.65. The van der Waals surface area contributed by atoms with Crippen LogP contribution in [-0.2, 0) is 0 Å². The van der Waals surface area contributed by atoms with Gasteiger partial charge in [-0.3, -0.25) is 4.79 Å². The van der Waals surface area contributed by atoms with Gasteiger partial charge in [-0.15, -0.1) is 0 Å². The van der Waals surface area contributed by atoms with Gasteiger partial charge < -0.3 is 0 Å². The van der Waals surface area contributed by atoms with E-state index in [0.717, 1.165) is 5.56 Å². The average molecular weight is 164 g/mol. The Morgan fingerprint density at radius 2 is 1.83 bits per heavy atom. The lowest BCUT2D eigenvalue weighted by molar-refractivity contribution is 0.100. The van der Waals surface area contributed by atoms with Gasteiger partial charge >= 0.3 is 0 Å². The van der Waals surface area contributed by atoms with Crippen molar-refractivity contribution in [2.24, 2.45) is 0 Å². The number of nitrogens with zero attached hydrogens (tertiary/aromatic N) is 2. The van der Waals surface area contributed by atoms with E-state index in [1.807, 2.05) is 0 Å². The number of Topliss-reactive ketones (excluding diaryl/α,β-unsaturated/α-hetero) is 1. The highest BCUT2D eigenvalue weighted by atomic mass is 16.1. The molecular weight excluding hydrogens is 152 g/mol. The largest absolute Gasteiger partial charge is 0.291 e. The predicted octanol–water partition coefficient (Wildman–Crippen LogP) is 1.80. The van der Waals surface area contributed by atoms with Gasteiger partial charge in [-0.1, -0.05) is 13.8 Å². The van der Waals surface area contributed by atoms with E-state index in [4.69, 9.17) is 0 Å². The van der Waals surface area contributed by atoms with Crippen LogP contribution in [0.3, 0.4) is 0 Å². The molecule has 0 unspecified atom stereocenters. The number of rotatable bonds is 2. The second-order valence-corrected chi connectivity index (χ2v) is 3.05. The zero-order valence-corrected chi connectivity index (χ0v) is 7.53. The summed E-state index contributed by atoms with van der Waals surface area (Å²) in [6.45, 7) is 5.59. The maximum atomic E-state index is 10.8. The van der Waals surface area contributed by atoms with Crippen molar-refractivity contribution in [2.45, 2.75) is 26.7 Å². The maximum Gasteiger partial charge on any atom is 0.196 e. The van der Waals surface area contributed by atoms with Gasteiger partial charge in [0.25, 0.3) is 0 Å². The van der Waals surface area contributed by atoms with Crippen LogP contribution in [0.4, 0.5) is 0 Å². The molecule has 1 rings (SSSR count). The van der Waals surface area contributed by atoms with Gasteiger partial charge in [-0.2, -0.15) is 0 Å². The van der Waals surface area contributed by atoms with Crippen molar-refractivity contribution in [3.8, 4) is 0 Å². The maximum absolute atomic E-state index is 10.8. The van der Waals surface area contributed by atoms with E-state index in [9.17, 15) is 4.79 Å². The van der Waals surface area contributed by atoms with Gasteiger partial charge in [0.2, 0.25) is 0 Å². The minimum Gasteiger partial charge on any atom is -0.291 e. The molecule has 0 aliphatic rings. The summed E-state index contributed by atoms with van der Waals surface area (Å²) in [5.41, 5.74) is 1.06. The highest BCUT2D eigenvalue weighted by Crippen LogP contribution is 2.10. The van der Waals surface area contributed by atoms with Gasteiger partial charge in [0.1, 0.15) is 0 Å². The van der Waals surface area contributed by atoms with Crippen molar-refractivity contribution in [1.29, 1.82) is 0 Å². The predicted molar refractivity (Wildman–Crippen MR) is 46.1 cm³/mol. The fourth-order valence-corrected chi connectivity index (χ4v) is 0.818. The minimum atomic E-state index is -0.0923. The molecule has 1 aromatic rings. The molecule has 0 bridgehead atoms. The minimum absolute atomic E-state index is 0.0923. The van der Waals surface area contributed by atoms with E-state index >= 15 is 0 Å². The summed E-state index contributed by atoms with van der Waals surface area (Å²) >= 11 is 0. The van der Waals surface area contributed by atoms with E-state index in [0.29, 0.717) is 11.7 Å². The summed E-state index contributed by atoms with van der Waals surface area (Å²) in [6.07, 6.45) is 3.41. The Labute approximate surface area is 71.9 Å². The molecule has 1 heterocycles. The first kappa shape index (κ1) is 8.84. The molecule has 1 aromatic heterocycles. The molecule has 0 atom stereocenters. The van der Waals surface area contributed by atoms with Crippen LogP contribution in [-0.4, -0.2) is 15.8 Å². The third kappa shape index (κ3) is 1.87. The molecule has 0 aromatic carbocycles. The van der Waals surface area contributed by atoms with Crippen LogP contribution < -0.4 is 0 Å².